The van der Waals surface area contributed by atoms with Crippen molar-refractivity contribution in [3.05, 3.63) is 0 Å². The number of alkyl halides is 3. The average molecular weight is 390 g/mol. The quantitative estimate of drug-likeness (QED) is 0.372. The van der Waals surface area contributed by atoms with Gasteiger partial charge in [-0.25, -0.2) is 8.42 Å². The van der Waals surface area contributed by atoms with Crippen molar-refractivity contribution in [3.63, 3.8) is 0 Å². The normalized spacial score (nSPS) is 21.5. The minimum absolute atomic E-state index is 1.01. The molecule has 8 heteroatoms. The summed E-state index contributed by atoms with van der Waals surface area (Å²) in [5.41, 5.74) is -5.65. The van der Waals surface area contributed by atoms with Crippen LogP contribution in [0.4, 0.5) is 13.2 Å². The summed E-state index contributed by atoms with van der Waals surface area (Å²) in [7, 11) is -6.09. The van der Waals surface area contributed by atoms with Crippen LogP contribution in [-0.4, -0.2) is 37.6 Å². The van der Waals surface area contributed by atoms with E-state index in [0.29, 0.717) is 0 Å². The molecule has 2 atom stereocenters. The van der Waals surface area contributed by atoms with Crippen LogP contribution in [0.2, 0.25) is 0 Å². The first-order chi connectivity index (χ1) is 11.6. The fraction of sp³-hybridized carbons (Fsp3) is 1.00. The van der Waals surface area contributed by atoms with Gasteiger partial charge in [0.05, 0.1) is 19.1 Å². The van der Waals surface area contributed by atoms with Crippen molar-refractivity contribution >= 4 is 10.1 Å². The second-order valence-corrected chi connectivity index (χ2v) is 8.18. The van der Waals surface area contributed by atoms with E-state index in [0.717, 1.165) is 6.04 Å². The zero-order chi connectivity index (χ0) is 19.3. The van der Waals surface area contributed by atoms with E-state index >= 15 is 0 Å². The molecule has 1 heterocycles. The van der Waals surface area contributed by atoms with Crippen LogP contribution in [0.3, 0.4) is 0 Å². The lowest BCUT2D eigenvalue weighted by Crippen LogP contribution is -3.16. The highest BCUT2D eigenvalue weighted by Crippen LogP contribution is 2.20. The fourth-order valence-corrected chi connectivity index (χ4v) is 3.23. The number of quaternary nitrogens is 1. The number of unbranched alkanes of at least 4 members (excludes halogenated alkanes) is 5. The van der Waals surface area contributed by atoms with Gasteiger partial charge in [0.1, 0.15) is 0 Å². The Hall–Kier alpha value is -0.340. The molecule has 0 spiro atoms. The van der Waals surface area contributed by atoms with Gasteiger partial charge in [-0.2, -0.15) is 13.2 Å². The Kier molecular flexibility index (Phi) is 12.7. The molecule has 0 aromatic carbocycles. The molecule has 0 saturated carbocycles. The summed E-state index contributed by atoms with van der Waals surface area (Å²) in [6, 6.07) is 1.01. The predicted octanol–water partition coefficient (Wildman–Crippen LogP) is 3.64. The Morgan fingerprint density at radius 2 is 1.56 bits per heavy atom. The Bertz CT molecular complexity index is 427. The monoisotopic (exact) mass is 389 g/mol. The largest absolute Gasteiger partial charge is 0.741 e. The van der Waals surface area contributed by atoms with Gasteiger partial charge >= 0.3 is 5.51 Å². The molecule has 152 valence electrons. The highest BCUT2D eigenvalue weighted by Gasteiger charge is 2.36. The molecule has 1 fully saturated rings. The second kappa shape index (κ2) is 12.9. The van der Waals surface area contributed by atoms with Gasteiger partial charge in [0.2, 0.25) is 0 Å². The van der Waals surface area contributed by atoms with Gasteiger partial charge in [-0.15, -0.1) is 0 Å². The Balaban J connectivity index is 0.000000609. The maximum absolute atomic E-state index is 10.7. The van der Waals surface area contributed by atoms with Gasteiger partial charge in [0.15, 0.2) is 10.1 Å². The summed E-state index contributed by atoms with van der Waals surface area (Å²) in [6.45, 7) is 7.55. The average Bonchev–Trinajstić information content (AvgIpc) is 2.52. The highest BCUT2D eigenvalue weighted by atomic mass is 32.2. The number of halogens is 3. The van der Waals surface area contributed by atoms with Crippen molar-refractivity contribution < 1.29 is 31.0 Å². The lowest BCUT2D eigenvalue weighted by molar-refractivity contribution is -0.931. The fourth-order valence-electron chi connectivity index (χ4n) is 3.23. The topological polar surface area (TPSA) is 61.6 Å². The standard InChI is InChI=1S/C16H33N.CHF3O3S/c1-3-5-7-8-10-14-17-15-11-9-13-16(17)12-6-4-2;2-1(3,4)8(5,6)7/h16H,3-15H2,1-2H3;(H,5,6,7). The molecule has 0 aliphatic carbocycles. The van der Waals surface area contributed by atoms with Gasteiger partial charge in [0, 0.05) is 0 Å². The maximum Gasteiger partial charge on any atom is 0.485 e. The minimum atomic E-state index is -6.09. The van der Waals surface area contributed by atoms with Gasteiger partial charge in [-0.1, -0.05) is 39.5 Å². The third-order valence-corrected chi connectivity index (χ3v) is 5.24. The first-order valence-corrected chi connectivity index (χ1v) is 10.9. The van der Waals surface area contributed by atoms with Gasteiger partial charge in [-0.05, 0) is 44.9 Å². The molecule has 0 bridgehead atoms. The minimum Gasteiger partial charge on any atom is -0.741 e. The van der Waals surface area contributed by atoms with Gasteiger partial charge < -0.3 is 9.45 Å². The van der Waals surface area contributed by atoms with Crippen molar-refractivity contribution in [3.8, 4) is 0 Å². The second-order valence-electron chi connectivity index (χ2n) is 6.81. The molecular formula is C17H34F3NO3S. The molecule has 2 unspecified atom stereocenters. The maximum atomic E-state index is 10.7. The van der Waals surface area contributed by atoms with E-state index in [1.807, 2.05) is 4.90 Å². The molecule has 0 amide bonds. The van der Waals surface area contributed by atoms with E-state index in [1.165, 1.54) is 83.7 Å². The molecule has 1 aliphatic heterocycles. The number of hydrogen-bond donors (Lipinski definition) is 1. The summed E-state index contributed by atoms with van der Waals surface area (Å²) < 4.78 is 58.9. The zero-order valence-electron chi connectivity index (χ0n) is 15.5. The van der Waals surface area contributed by atoms with Crippen LogP contribution in [0.5, 0.6) is 0 Å². The van der Waals surface area contributed by atoms with Crippen molar-refractivity contribution in [2.75, 3.05) is 13.1 Å². The van der Waals surface area contributed by atoms with E-state index in [9.17, 15) is 13.2 Å². The summed E-state index contributed by atoms with van der Waals surface area (Å²) in [4.78, 5) is 1.95. The van der Waals surface area contributed by atoms with Crippen molar-refractivity contribution in [2.45, 2.75) is 96.0 Å². The molecule has 1 aliphatic rings. The van der Waals surface area contributed by atoms with Crippen LogP contribution in [0.1, 0.15) is 84.5 Å². The molecule has 0 aromatic heterocycles. The summed E-state index contributed by atoms with van der Waals surface area (Å²) >= 11 is 0. The molecule has 1 saturated heterocycles. The van der Waals surface area contributed by atoms with Crippen molar-refractivity contribution in [2.24, 2.45) is 0 Å². The first kappa shape index (κ1) is 24.7. The van der Waals surface area contributed by atoms with Crippen LogP contribution in [0.15, 0.2) is 0 Å². The molecule has 25 heavy (non-hydrogen) atoms. The highest BCUT2D eigenvalue weighted by molar-refractivity contribution is 7.86. The Morgan fingerprint density at radius 3 is 2.08 bits per heavy atom. The molecule has 1 N–H and O–H groups in total. The van der Waals surface area contributed by atoms with Crippen LogP contribution in [0.25, 0.3) is 0 Å². The van der Waals surface area contributed by atoms with E-state index < -0.39 is 15.6 Å². The number of hydrogen-bond acceptors (Lipinski definition) is 3. The molecule has 0 radical (unpaired) electrons. The van der Waals surface area contributed by atoms with E-state index in [4.69, 9.17) is 13.0 Å². The predicted molar refractivity (Wildman–Crippen MR) is 92.4 cm³/mol. The SMILES string of the molecule is CCCCCCC[NH+]1CCCCC1CCCC.O=S(=O)([O-])C(F)(F)F. The van der Waals surface area contributed by atoms with Crippen LogP contribution in [-0.2, 0) is 10.1 Å². The first-order valence-electron chi connectivity index (χ1n) is 9.50. The lowest BCUT2D eigenvalue weighted by Gasteiger charge is -2.32. The summed E-state index contributed by atoms with van der Waals surface area (Å²) in [6.07, 6.45) is 16.0. The number of piperidine rings is 1. The molecular weight excluding hydrogens is 355 g/mol. The van der Waals surface area contributed by atoms with E-state index in [1.54, 1.807) is 0 Å². The number of rotatable bonds is 9. The van der Waals surface area contributed by atoms with Crippen molar-refractivity contribution in [1.29, 1.82) is 0 Å². The Labute approximate surface area is 150 Å². The molecule has 1 rings (SSSR count). The Morgan fingerprint density at radius 1 is 1.00 bits per heavy atom. The van der Waals surface area contributed by atoms with Gasteiger partial charge in [-0.3, -0.25) is 0 Å². The summed E-state index contributed by atoms with van der Waals surface area (Å²) in [5.74, 6) is 0. The van der Waals surface area contributed by atoms with Crippen molar-refractivity contribution in [1.82, 2.24) is 0 Å². The van der Waals surface area contributed by atoms with Crippen LogP contribution < -0.4 is 4.90 Å². The third-order valence-electron chi connectivity index (χ3n) is 4.67. The van der Waals surface area contributed by atoms with E-state index in [2.05, 4.69) is 13.8 Å². The van der Waals surface area contributed by atoms with E-state index in [-0.39, 0.29) is 0 Å². The third kappa shape index (κ3) is 11.8. The number of nitrogens with one attached hydrogen (secondary N) is 1. The van der Waals surface area contributed by atoms with Crippen LogP contribution in [0, 0.1) is 0 Å². The zero-order valence-corrected chi connectivity index (χ0v) is 16.4. The summed E-state index contributed by atoms with van der Waals surface area (Å²) in [5, 5.41) is 0. The molecule has 0 aromatic rings. The lowest BCUT2D eigenvalue weighted by atomic mass is 9.97. The number of likely N-dealkylation sites (tertiary alicyclic amines) is 1. The van der Waals surface area contributed by atoms with Gasteiger partial charge in [0.25, 0.3) is 0 Å². The van der Waals surface area contributed by atoms with Crippen LogP contribution >= 0.6 is 0 Å². The smallest absolute Gasteiger partial charge is 0.485 e. The molecule has 4 nitrogen and oxygen atoms in total.